The lowest BCUT2D eigenvalue weighted by Gasteiger charge is -1.95. The summed E-state index contributed by atoms with van der Waals surface area (Å²) in [6.45, 7) is 0.0593. The average Bonchev–Trinajstić information content (AvgIpc) is 2.49. The molecule has 0 aliphatic rings. The van der Waals surface area contributed by atoms with Crippen molar-refractivity contribution < 1.29 is 5.11 Å². The van der Waals surface area contributed by atoms with Gasteiger partial charge in [0.2, 0.25) is 0 Å². The second kappa shape index (κ2) is 3.05. The monoisotopic (exact) mass is 198 g/mol. The van der Waals surface area contributed by atoms with E-state index in [0.717, 1.165) is 20.7 Å². The van der Waals surface area contributed by atoms with E-state index in [1.54, 1.807) is 11.3 Å². The summed E-state index contributed by atoms with van der Waals surface area (Å²) < 4.78 is 1.13. The van der Waals surface area contributed by atoms with E-state index in [0.29, 0.717) is 0 Å². The molecule has 0 saturated carbocycles. The van der Waals surface area contributed by atoms with E-state index in [1.165, 1.54) is 0 Å². The smallest absolute Gasteiger partial charge is 0.0696 e. The van der Waals surface area contributed by atoms with Crippen LogP contribution < -0.4 is 0 Å². The average molecular weight is 199 g/mol. The summed E-state index contributed by atoms with van der Waals surface area (Å²) in [5.41, 5.74) is 0.917. The Morgan fingerprint density at radius 1 is 1.42 bits per heavy atom. The second-order valence-electron chi connectivity index (χ2n) is 2.53. The molecule has 0 bridgehead atoms. The molecule has 1 nitrogen and oxygen atoms in total. The highest BCUT2D eigenvalue weighted by molar-refractivity contribution is 7.17. The van der Waals surface area contributed by atoms with Gasteiger partial charge in [-0.15, -0.1) is 11.3 Å². The molecule has 0 amide bonds. The van der Waals surface area contributed by atoms with Crippen molar-refractivity contribution in [3.63, 3.8) is 0 Å². The Morgan fingerprint density at radius 3 is 3.00 bits per heavy atom. The lowest BCUT2D eigenvalue weighted by Crippen LogP contribution is -1.78. The molecule has 0 radical (unpaired) electrons. The van der Waals surface area contributed by atoms with Crippen molar-refractivity contribution in [3.05, 3.63) is 34.2 Å². The van der Waals surface area contributed by atoms with Crippen LogP contribution in [0.3, 0.4) is 0 Å². The van der Waals surface area contributed by atoms with Gasteiger partial charge in [-0.05, 0) is 23.1 Å². The van der Waals surface area contributed by atoms with E-state index in [2.05, 4.69) is 0 Å². The van der Waals surface area contributed by atoms with Gasteiger partial charge in [-0.1, -0.05) is 17.7 Å². The third-order valence-electron chi connectivity index (χ3n) is 1.79. The number of benzene rings is 1. The molecule has 62 valence electrons. The standard InChI is InChI=1S/C9H7ClOS/c10-7-2-1-3-8-9(7)6(4-11)5-12-8/h1-3,5,11H,4H2. The van der Waals surface area contributed by atoms with E-state index in [-0.39, 0.29) is 6.61 Å². The Bertz CT molecular complexity index is 408. The fourth-order valence-electron chi connectivity index (χ4n) is 1.22. The van der Waals surface area contributed by atoms with Crippen LogP contribution in [-0.2, 0) is 6.61 Å². The molecule has 0 aliphatic heterocycles. The summed E-state index contributed by atoms with van der Waals surface area (Å²) in [7, 11) is 0. The number of hydrogen-bond acceptors (Lipinski definition) is 2. The van der Waals surface area contributed by atoms with Crippen molar-refractivity contribution in [1.29, 1.82) is 0 Å². The van der Waals surface area contributed by atoms with Gasteiger partial charge in [0.15, 0.2) is 0 Å². The molecule has 2 aromatic rings. The first kappa shape index (κ1) is 8.05. The summed E-state index contributed by atoms with van der Waals surface area (Å²) in [5.74, 6) is 0. The van der Waals surface area contributed by atoms with Crippen molar-refractivity contribution in [1.82, 2.24) is 0 Å². The van der Waals surface area contributed by atoms with Gasteiger partial charge in [-0.2, -0.15) is 0 Å². The van der Waals surface area contributed by atoms with E-state index < -0.39 is 0 Å². The number of thiophene rings is 1. The maximum atomic E-state index is 9.00. The lowest BCUT2D eigenvalue weighted by molar-refractivity contribution is 0.284. The van der Waals surface area contributed by atoms with E-state index >= 15 is 0 Å². The topological polar surface area (TPSA) is 20.2 Å². The molecule has 0 atom stereocenters. The molecule has 0 saturated heterocycles. The molecular formula is C9H7ClOS. The molecule has 1 aromatic heterocycles. The highest BCUT2D eigenvalue weighted by atomic mass is 35.5. The number of aliphatic hydroxyl groups excluding tert-OH is 1. The molecule has 3 heteroatoms. The van der Waals surface area contributed by atoms with Crippen LogP contribution in [0.4, 0.5) is 0 Å². The van der Waals surface area contributed by atoms with Crippen molar-refractivity contribution in [2.45, 2.75) is 6.61 Å². The summed E-state index contributed by atoms with van der Waals surface area (Å²) >= 11 is 7.59. The van der Waals surface area contributed by atoms with Crippen LogP contribution >= 0.6 is 22.9 Å². The van der Waals surface area contributed by atoms with Crippen LogP contribution in [0.5, 0.6) is 0 Å². The molecule has 1 heterocycles. The Morgan fingerprint density at radius 2 is 2.25 bits per heavy atom. The number of hydrogen-bond donors (Lipinski definition) is 1. The van der Waals surface area contributed by atoms with Crippen LogP contribution in [0, 0.1) is 0 Å². The Kier molecular flexibility index (Phi) is 2.05. The van der Waals surface area contributed by atoms with E-state index in [4.69, 9.17) is 16.7 Å². The fraction of sp³-hybridized carbons (Fsp3) is 0.111. The summed E-state index contributed by atoms with van der Waals surface area (Å²) in [5, 5.41) is 12.7. The Balaban J connectivity index is 2.83. The first-order valence-corrected chi connectivity index (χ1v) is 4.84. The minimum Gasteiger partial charge on any atom is -0.392 e. The third kappa shape index (κ3) is 1.12. The maximum Gasteiger partial charge on any atom is 0.0696 e. The second-order valence-corrected chi connectivity index (χ2v) is 3.85. The zero-order valence-electron chi connectivity index (χ0n) is 6.25. The van der Waals surface area contributed by atoms with Gasteiger partial charge in [0, 0.05) is 15.1 Å². The van der Waals surface area contributed by atoms with Crippen LogP contribution in [0.25, 0.3) is 10.1 Å². The SMILES string of the molecule is OCc1csc2cccc(Cl)c12. The summed E-state index contributed by atoms with van der Waals surface area (Å²) in [6, 6.07) is 5.77. The van der Waals surface area contributed by atoms with Gasteiger partial charge < -0.3 is 5.11 Å². The molecular weight excluding hydrogens is 192 g/mol. The highest BCUT2D eigenvalue weighted by Crippen LogP contribution is 2.31. The molecule has 1 aromatic carbocycles. The number of aliphatic hydroxyl groups is 1. The fourth-order valence-corrected chi connectivity index (χ4v) is 2.55. The Labute approximate surface area is 79.2 Å². The first-order chi connectivity index (χ1) is 5.83. The molecule has 0 spiro atoms. The van der Waals surface area contributed by atoms with E-state index in [1.807, 2.05) is 23.6 Å². The molecule has 2 rings (SSSR count). The predicted octanol–water partition coefficient (Wildman–Crippen LogP) is 3.05. The van der Waals surface area contributed by atoms with Crippen molar-refractivity contribution in [2.24, 2.45) is 0 Å². The van der Waals surface area contributed by atoms with Gasteiger partial charge in [-0.3, -0.25) is 0 Å². The molecule has 12 heavy (non-hydrogen) atoms. The lowest BCUT2D eigenvalue weighted by atomic mass is 10.2. The van der Waals surface area contributed by atoms with Gasteiger partial charge >= 0.3 is 0 Å². The van der Waals surface area contributed by atoms with Gasteiger partial charge in [0.05, 0.1) is 6.61 Å². The normalized spacial score (nSPS) is 10.8. The third-order valence-corrected chi connectivity index (χ3v) is 3.11. The quantitative estimate of drug-likeness (QED) is 0.747. The Hall–Kier alpha value is -0.570. The summed E-state index contributed by atoms with van der Waals surface area (Å²) in [6.07, 6.45) is 0. The zero-order valence-corrected chi connectivity index (χ0v) is 7.82. The predicted molar refractivity (Wildman–Crippen MR) is 52.8 cm³/mol. The minimum absolute atomic E-state index is 0.0593. The van der Waals surface area contributed by atoms with Crippen LogP contribution in [0.1, 0.15) is 5.56 Å². The van der Waals surface area contributed by atoms with Crippen LogP contribution in [-0.4, -0.2) is 5.11 Å². The van der Waals surface area contributed by atoms with Gasteiger partial charge in [0.1, 0.15) is 0 Å². The maximum absolute atomic E-state index is 9.00. The number of halogens is 1. The van der Waals surface area contributed by atoms with Gasteiger partial charge in [-0.25, -0.2) is 0 Å². The highest BCUT2D eigenvalue weighted by Gasteiger charge is 2.05. The zero-order chi connectivity index (χ0) is 8.55. The van der Waals surface area contributed by atoms with Crippen molar-refractivity contribution in [3.8, 4) is 0 Å². The largest absolute Gasteiger partial charge is 0.392 e. The van der Waals surface area contributed by atoms with Crippen molar-refractivity contribution in [2.75, 3.05) is 0 Å². The van der Waals surface area contributed by atoms with Gasteiger partial charge in [0.25, 0.3) is 0 Å². The van der Waals surface area contributed by atoms with E-state index in [9.17, 15) is 0 Å². The minimum atomic E-state index is 0.0593. The molecule has 1 N–H and O–H groups in total. The number of fused-ring (bicyclic) bond motifs is 1. The first-order valence-electron chi connectivity index (χ1n) is 3.58. The molecule has 0 fully saturated rings. The number of rotatable bonds is 1. The van der Waals surface area contributed by atoms with Crippen molar-refractivity contribution >= 4 is 33.0 Å². The van der Waals surface area contributed by atoms with Crippen LogP contribution in [0.2, 0.25) is 5.02 Å². The summed E-state index contributed by atoms with van der Waals surface area (Å²) in [4.78, 5) is 0. The molecule has 0 unspecified atom stereocenters. The molecule has 0 aliphatic carbocycles. The van der Waals surface area contributed by atoms with Crippen LogP contribution in [0.15, 0.2) is 23.6 Å².